The molecule has 0 aromatic heterocycles. The van der Waals surface area contributed by atoms with Crippen molar-refractivity contribution in [1.29, 1.82) is 0 Å². The minimum atomic E-state index is 0.591. The standard InChI is InChI=1S/C13H29N3/c1-11(2)14-10-12(3)16(5)13-6-8-15(4)9-7-13/h11-14H,6-10H2,1-5H3. The lowest BCUT2D eigenvalue weighted by Gasteiger charge is -2.38. The van der Waals surface area contributed by atoms with Gasteiger partial charge in [0.2, 0.25) is 0 Å². The van der Waals surface area contributed by atoms with Crippen molar-refractivity contribution in [2.24, 2.45) is 0 Å². The fourth-order valence-corrected chi connectivity index (χ4v) is 2.31. The van der Waals surface area contributed by atoms with Gasteiger partial charge >= 0.3 is 0 Å². The maximum absolute atomic E-state index is 3.52. The fraction of sp³-hybridized carbons (Fsp3) is 1.00. The zero-order chi connectivity index (χ0) is 12.1. The van der Waals surface area contributed by atoms with E-state index in [2.05, 4.69) is 50.0 Å². The van der Waals surface area contributed by atoms with E-state index in [1.54, 1.807) is 0 Å². The molecule has 1 fully saturated rings. The summed E-state index contributed by atoms with van der Waals surface area (Å²) in [4.78, 5) is 4.99. The van der Waals surface area contributed by atoms with E-state index in [1.165, 1.54) is 25.9 Å². The highest BCUT2D eigenvalue weighted by atomic mass is 15.2. The molecule has 3 nitrogen and oxygen atoms in total. The van der Waals surface area contributed by atoms with Crippen molar-refractivity contribution in [1.82, 2.24) is 15.1 Å². The average Bonchev–Trinajstić information content (AvgIpc) is 2.26. The van der Waals surface area contributed by atoms with Crippen molar-refractivity contribution in [2.45, 2.75) is 51.7 Å². The third-order valence-electron chi connectivity index (χ3n) is 3.78. The molecule has 1 atom stereocenters. The first-order valence-corrected chi connectivity index (χ1v) is 6.64. The van der Waals surface area contributed by atoms with Gasteiger partial charge in [0.25, 0.3) is 0 Å². The predicted octanol–water partition coefficient (Wildman–Crippen LogP) is 1.40. The second-order valence-electron chi connectivity index (χ2n) is 5.61. The van der Waals surface area contributed by atoms with Gasteiger partial charge in [-0.2, -0.15) is 0 Å². The van der Waals surface area contributed by atoms with E-state index in [9.17, 15) is 0 Å². The number of hydrogen-bond acceptors (Lipinski definition) is 3. The molecule has 0 saturated carbocycles. The normalized spacial score (nSPS) is 21.9. The van der Waals surface area contributed by atoms with Gasteiger partial charge in [0, 0.05) is 24.7 Å². The van der Waals surface area contributed by atoms with Crippen molar-refractivity contribution in [3.63, 3.8) is 0 Å². The third-order valence-corrected chi connectivity index (χ3v) is 3.78. The Morgan fingerprint density at radius 2 is 1.81 bits per heavy atom. The van der Waals surface area contributed by atoms with Gasteiger partial charge in [0.1, 0.15) is 0 Å². The van der Waals surface area contributed by atoms with Crippen molar-refractivity contribution in [3.05, 3.63) is 0 Å². The first kappa shape index (κ1) is 13.9. The first-order chi connectivity index (χ1) is 7.50. The van der Waals surface area contributed by atoms with Crippen LogP contribution in [0.2, 0.25) is 0 Å². The number of piperidine rings is 1. The second kappa shape index (κ2) is 6.58. The van der Waals surface area contributed by atoms with Crippen molar-refractivity contribution in [2.75, 3.05) is 33.7 Å². The Morgan fingerprint density at radius 3 is 2.31 bits per heavy atom. The first-order valence-electron chi connectivity index (χ1n) is 6.64. The molecule has 16 heavy (non-hydrogen) atoms. The van der Waals surface area contributed by atoms with Crippen molar-refractivity contribution >= 4 is 0 Å². The second-order valence-corrected chi connectivity index (χ2v) is 5.61. The molecule has 0 radical (unpaired) electrons. The SMILES string of the molecule is CC(C)NCC(C)N(C)C1CCN(C)CC1. The third kappa shape index (κ3) is 4.40. The monoisotopic (exact) mass is 227 g/mol. The molecule has 0 aliphatic carbocycles. The summed E-state index contributed by atoms with van der Waals surface area (Å²) in [5, 5.41) is 3.52. The number of nitrogens with one attached hydrogen (secondary N) is 1. The minimum absolute atomic E-state index is 0.591. The van der Waals surface area contributed by atoms with Crippen molar-refractivity contribution < 1.29 is 0 Å². The molecule has 1 aliphatic rings. The lowest BCUT2D eigenvalue weighted by molar-refractivity contribution is 0.112. The number of rotatable bonds is 5. The molecular formula is C13H29N3. The van der Waals surface area contributed by atoms with Crippen LogP contribution in [0.1, 0.15) is 33.6 Å². The predicted molar refractivity (Wildman–Crippen MR) is 70.9 cm³/mol. The molecule has 0 spiro atoms. The number of likely N-dealkylation sites (N-methyl/N-ethyl adjacent to an activating group) is 1. The lowest BCUT2D eigenvalue weighted by atomic mass is 10.0. The molecule has 1 aliphatic heterocycles. The topological polar surface area (TPSA) is 18.5 Å². The molecule has 0 bridgehead atoms. The highest BCUT2D eigenvalue weighted by Gasteiger charge is 2.23. The van der Waals surface area contributed by atoms with Crippen LogP contribution in [0.25, 0.3) is 0 Å². The van der Waals surface area contributed by atoms with Gasteiger partial charge in [-0.1, -0.05) is 13.8 Å². The van der Waals surface area contributed by atoms with Crippen LogP contribution in [0.3, 0.4) is 0 Å². The van der Waals surface area contributed by atoms with Gasteiger partial charge in [-0.25, -0.2) is 0 Å². The molecule has 1 N–H and O–H groups in total. The summed E-state index contributed by atoms with van der Waals surface area (Å²) in [6.45, 7) is 10.3. The van der Waals surface area contributed by atoms with Crippen LogP contribution in [0.5, 0.6) is 0 Å². The van der Waals surface area contributed by atoms with Gasteiger partial charge < -0.3 is 10.2 Å². The van der Waals surface area contributed by atoms with Crippen LogP contribution >= 0.6 is 0 Å². The summed E-state index contributed by atoms with van der Waals surface area (Å²) < 4.78 is 0. The molecule has 0 aromatic carbocycles. The fourth-order valence-electron chi connectivity index (χ4n) is 2.31. The summed E-state index contributed by atoms with van der Waals surface area (Å²) in [6, 6.07) is 2.00. The zero-order valence-electron chi connectivity index (χ0n) is 11.7. The summed E-state index contributed by atoms with van der Waals surface area (Å²) in [6.07, 6.45) is 2.64. The number of hydrogen-bond donors (Lipinski definition) is 1. The van der Waals surface area contributed by atoms with Crippen LogP contribution in [-0.4, -0.2) is 61.7 Å². The van der Waals surface area contributed by atoms with E-state index >= 15 is 0 Å². The van der Waals surface area contributed by atoms with Gasteiger partial charge in [0.05, 0.1) is 0 Å². The number of nitrogens with zero attached hydrogens (tertiary/aromatic N) is 2. The van der Waals surface area contributed by atoms with Gasteiger partial charge in [-0.05, 0) is 47.0 Å². The van der Waals surface area contributed by atoms with Crippen LogP contribution in [0.15, 0.2) is 0 Å². The zero-order valence-corrected chi connectivity index (χ0v) is 11.7. The van der Waals surface area contributed by atoms with E-state index in [1.807, 2.05) is 0 Å². The Labute approximate surface area is 101 Å². The lowest BCUT2D eigenvalue weighted by Crippen LogP contribution is -2.48. The summed E-state index contributed by atoms with van der Waals surface area (Å²) >= 11 is 0. The number of likely N-dealkylation sites (tertiary alicyclic amines) is 1. The molecule has 0 amide bonds. The molecule has 96 valence electrons. The molecule has 1 saturated heterocycles. The van der Waals surface area contributed by atoms with E-state index < -0.39 is 0 Å². The molecule has 0 aromatic rings. The molecular weight excluding hydrogens is 198 g/mol. The minimum Gasteiger partial charge on any atom is -0.313 e. The molecule has 3 heteroatoms. The van der Waals surface area contributed by atoms with E-state index in [4.69, 9.17) is 0 Å². The largest absolute Gasteiger partial charge is 0.313 e. The smallest absolute Gasteiger partial charge is 0.0192 e. The maximum atomic E-state index is 3.52. The summed E-state index contributed by atoms with van der Waals surface area (Å²) in [7, 11) is 4.50. The van der Waals surface area contributed by atoms with Crippen LogP contribution < -0.4 is 5.32 Å². The summed E-state index contributed by atoms with van der Waals surface area (Å²) in [5.41, 5.74) is 0. The maximum Gasteiger partial charge on any atom is 0.0192 e. The van der Waals surface area contributed by atoms with E-state index in [0.29, 0.717) is 12.1 Å². The Kier molecular flexibility index (Phi) is 5.73. The molecule has 1 heterocycles. The molecule has 1 rings (SSSR count). The molecule has 1 unspecified atom stereocenters. The Hall–Kier alpha value is -0.120. The Balaban J connectivity index is 2.29. The van der Waals surface area contributed by atoms with Crippen LogP contribution in [-0.2, 0) is 0 Å². The summed E-state index contributed by atoms with van der Waals surface area (Å²) in [5.74, 6) is 0. The highest BCUT2D eigenvalue weighted by Crippen LogP contribution is 2.15. The van der Waals surface area contributed by atoms with E-state index in [0.717, 1.165) is 12.6 Å². The van der Waals surface area contributed by atoms with Gasteiger partial charge in [-0.3, -0.25) is 4.90 Å². The Morgan fingerprint density at radius 1 is 1.25 bits per heavy atom. The van der Waals surface area contributed by atoms with E-state index in [-0.39, 0.29) is 0 Å². The quantitative estimate of drug-likeness (QED) is 0.766. The van der Waals surface area contributed by atoms with Crippen LogP contribution in [0.4, 0.5) is 0 Å². The van der Waals surface area contributed by atoms with Gasteiger partial charge in [-0.15, -0.1) is 0 Å². The average molecular weight is 227 g/mol. The Bertz CT molecular complexity index is 186. The van der Waals surface area contributed by atoms with Crippen LogP contribution in [0, 0.1) is 0 Å². The highest BCUT2D eigenvalue weighted by molar-refractivity contribution is 4.80. The van der Waals surface area contributed by atoms with Gasteiger partial charge in [0.15, 0.2) is 0 Å². The van der Waals surface area contributed by atoms with Crippen molar-refractivity contribution in [3.8, 4) is 0 Å².